The number of benzene rings is 1. The quantitative estimate of drug-likeness (QED) is 0.905. The average molecular weight is 329 g/mol. The van der Waals surface area contributed by atoms with E-state index >= 15 is 0 Å². The number of likely N-dealkylation sites (N-methyl/N-ethyl adjacent to an activating group) is 1. The van der Waals surface area contributed by atoms with Crippen molar-refractivity contribution in [2.24, 2.45) is 0 Å². The predicted octanol–water partition coefficient (Wildman–Crippen LogP) is 1.07. The summed E-state index contributed by atoms with van der Waals surface area (Å²) in [6.45, 7) is 2.61. The summed E-state index contributed by atoms with van der Waals surface area (Å²) in [7, 11) is 5.83. The van der Waals surface area contributed by atoms with Crippen LogP contribution in [0.15, 0.2) is 24.5 Å². The number of nitrogens with one attached hydrogen (secondary N) is 1. The van der Waals surface area contributed by atoms with E-state index in [4.69, 9.17) is 4.74 Å². The fourth-order valence-electron chi connectivity index (χ4n) is 2.99. The summed E-state index contributed by atoms with van der Waals surface area (Å²) in [4.78, 5) is 25.2. The third-order valence-corrected chi connectivity index (χ3v) is 4.12. The Morgan fingerprint density at radius 2 is 2.25 bits per heavy atom. The largest absolute Gasteiger partial charge is 0.373 e. The standard InChI is InChI=1S/C17H23N5O2/c1-18-16-14-5-4-12(8-15(14)19-11-20-16)17(23)22-6-7-24-13(10-22)9-21(2)3/h4-5,8,11,13H,6-7,9-10H2,1-3H3,(H,18,19,20). The maximum absolute atomic E-state index is 12.8. The van der Waals surface area contributed by atoms with Crippen molar-refractivity contribution in [3.05, 3.63) is 30.1 Å². The molecule has 0 aliphatic carbocycles. The first-order chi connectivity index (χ1) is 11.6. The van der Waals surface area contributed by atoms with E-state index in [0.29, 0.717) is 25.3 Å². The lowest BCUT2D eigenvalue weighted by molar-refractivity contribution is -0.0306. The SMILES string of the molecule is CNc1ncnc2cc(C(=O)N3CCOC(CN(C)C)C3)ccc12. The second-order valence-corrected chi connectivity index (χ2v) is 6.21. The first-order valence-electron chi connectivity index (χ1n) is 8.06. The molecule has 1 atom stereocenters. The Balaban J connectivity index is 1.80. The fourth-order valence-corrected chi connectivity index (χ4v) is 2.99. The van der Waals surface area contributed by atoms with Crippen LogP contribution >= 0.6 is 0 Å². The molecular formula is C17H23N5O2. The molecule has 2 aromatic rings. The third kappa shape index (κ3) is 3.47. The van der Waals surface area contributed by atoms with Crippen LogP contribution in [0.1, 0.15) is 10.4 Å². The average Bonchev–Trinajstić information content (AvgIpc) is 2.59. The van der Waals surface area contributed by atoms with Crippen molar-refractivity contribution in [1.82, 2.24) is 19.8 Å². The summed E-state index contributed by atoms with van der Waals surface area (Å²) in [5, 5.41) is 3.94. The maximum atomic E-state index is 12.8. The van der Waals surface area contributed by atoms with Crippen molar-refractivity contribution in [3.63, 3.8) is 0 Å². The van der Waals surface area contributed by atoms with Crippen molar-refractivity contribution in [2.75, 3.05) is 52.7 Å². The second-order valence-electron chi connectivity index (χ2n) is 6.21. The van der Waals surface area contributed by atoms with E-state index in [1.54, 1.807) is 0 Å². The molecule has 128 valence electrons. The van der Waals surface area contributed by atoms with Gasteiger partial charge in [-0.05, 0) is 32.3 Å². The molecule has 0 spiro atoms. The minimum Gasteiger partial charge on any atom is -0.373 e. The second kappa shape index (κ2) is 7.11. The number of hydrogen-bond acceptors (Lipinski definition) is 6. The summed E-state index contributed by atoms with van der Waals surface area (Å²) < 4.78 is 5.74. The van der Waals surface area contributed by atoms with Crippen LogP contribution in [0.5, 0.6) is 0 Å². The van der Waals surface area contributed by atoms with Gasteiger partial charge in [-0.1, -0.05) is 0 Å². The van der Waals surface area contributed by atoms with Crippen LogP contribution in [0.2, 0.25) is 0 Å². The van der Waals surface area contributed by atoms with E-state index in [2.05, 4.69) is 20.2 Å². The summed E-state index contributed by atoms with van der Waals surface area (Å²) >= 11 is 0. The van der Waals surface area contributed by atoms with Crippen LogP contribution in [-0.2, 0) is 4.74 Å². The number of carbonyl (C=O) groups excluding carboxylic acids is 1. The van der Waals surface area contributed by atoms with Gasteiger partial charge in [0.05, 0.1) is 18.2 Å². The Bertz CT molecular complexity index is 734. The van der Waals surface area contributed by atoms with Crippen LogP contribution < -0.4 is 5.32 Å². The highest BCUT2D eigenvalue weighted by atomic mass is 16.5. The first kappa shape index (κ1) is 16.6. The van der Waals surface area contributed by atoms with Crippen LogP contribution in [-0.4, -0.2) is 79.2 Å². The van der Waals surface area contributed by atoms with E-state index in [9.17, 15) is 4.79 Å². The number of nitrogens with zero attached hydrogens (tertiary/aromatic N) is 4. The summed E-state index contributed by atoms with van der Waals surface area (Å²) in [5.74, 6) is 0.782. The number of rotatable bonds is 4. The van der Waals surface area contributed by atoms with Gasteiger partial charge in [-0.25, -0.2) is 9.97 Å². The Hall–Kier alpha value is -2.25. The molecule has 1 N–H and O–H groups in total. The maximum Gasteiger partial charge on any atom is 0.254 e. The van der Waals surface area contributed by atoms with Gasteiger partial charge in [0.15, 0.2) is 0 Å². The predicted molar refractivity (Wildman–Crippen MR) is 93.3 cm³/mol. The number of carbonyl (C=O) groups is 1. The zero-order valence-corrected chi connectivity index (χ0v) is 14.3. The lowest BCUT2D eigenvalue weighted by atomic mass is 10.1. The molecule has 3 rings (SSSR count). The lowest BCUT2D eigenvalue weighted by Gasteiger charge is -2.34. The molecule has 7 nitrogen and oxygen atoms in total. The summed E-state index contributed by atoms with van der Waals surface area (Å²) in [6.07, 6.45) is 1.56. The molecular weight excluding hydrogens is 306 g/mol. The van der Waals surface area contributed by atoms with Gasteiger partial charge in [0.25, 0.3) is 5.91 Å². The van der Waals surface area contributed by atoms with E-state index in [0.717, 1.165) is 23.3 Å². The Morgan fingerprint density at radius 1 is 1.42 bits per heavy atom. The minimum absolute atomic E-state index is 0.0218. The first-order valence-corrected chi connectivity index (χ1v) is 8.06. The number of morpholine rings is 1. The molecule has 1 amide bonds. The number of amides is 1. The Labute approximate surface area is 141 Å². The molecule has 1 unspecified atom stereocenters. The Kier molecular flexibility index (Phi) is 4.92. The monoisotopic (exact) mass is 329 g/mol. The van der Waals surface area contributed by atoms with Crippen LogP contribution in [0, 0.1) is 0 Å². The summed E-state index contributed by atoms with van der Waals surface area (Å²) in [5.41, 5.74) is 1.41. The molecule has 0 bridgehead atoms. The van der Waals surface area contributed by atoms with Gasteiger partial charge < -0.3 is 19.9 Å². The molecule has 7 heteroatoms. The van der Waals surface area contributed by atoms with Crippen molar-refractivity contribution in [2.45, 2.75) is 6.10 Å². The highest BCUT2D eigenvalue weighted by Gasteiger charge is 2.25. The molecule has 0 radical (unpaired) electrons. The van der Waals surface area contributed by atoms with Crippen LogP contribution in [0.25, 0.3) is 10.9 Å². The van der Waals surface area contributed by atoms with Gasteiger partial charge in [0, 0.05) is 37.6 Å². The molecule has 1 aliphatic rings. The molecule has 1 aromatic heterocycles. The highest BCUT2D eigenvalue weighted by Crippen LogP contribution is 2.21. The zero-order chi connectivity index (χ0) is 17.1. The summed E-state index contributed by atoms with van der Waals surface area (Å²) in [6, 6.07) is 5.56. The molecule has 1 aromatic carbocycles. The van der Waals surface area contributed by atoms with E-state index in [-0.39, 0.29) is 12.0 Å². The van der Waals surface area contributed by atoms with E-state index < -0.39 is 0 Å². The third-order valence-electron chi connectivity index (χ3n) is 4.12. The molecule has 24 heavy (non-hydrogen) atoms. The normalized spacial score (nSPS) is 18.2. The lowest BCUT2D eigenvalue weighted by Crippen LogP contribution is -2.48. The zero-order valence-electron chi connectivity index (χ0n) is 14.3. The highest BCUT2D eigenvalue weighted by molar-refractivity contribution is 5.99. The smallest absolute Gasteiger partial charge is 0.254 e. The van der Waals surface area contributed by atoms with Gasteiger partial charge >= 0.3 is 0 Å². The van der Waals surface area contributed by atoms with Crippen molar-refractivity contribution >= 4 is 22.6 Å². The number of anilines is 1. The van der Waals surface area contributed by atoms with Gasteiger partial charge in [0.2, 0.25) is 0 Å². The number of fused-ring (bicyclic) bond motifs is 1. The van der Waals surface area contributed by atoms with Gasteiger partial charge in [-0.3, -0.25) is 4.79 Å². The number of ether oxygens (including phenoxy) is 1. The van der Waals surface area contributed by atoms with E-state index in [1.807, 2.05) is 44.2 Å². The van der Waals surface area contributed by atoms with Crippen molar-refractivity contribution in [3.8, 4) is 0 Å². The topological polar surface area (TPSA) is 70.6 Å². The van der Waals surface area contributed by atoms with Crippen LogP contribution in [0.4, 0.5) is 5.82 Å². The minimum atomic E-state index is 0.0218. The fraction of sp³-hybridized carbons (Fsp3) is 0.471. The van der Waals surface area contributed by atoms with Crippen molar-refractivity contribution in [1.29, 1.82) is 0 Å². The van der Waals surface area contributed by atoms with Gasteiger partial charge in [-0.2, -0.15) is 0 Å². The molecule has 1 fully saturated rings. The van der Waals surface area contributed by atoms with Crippen LogP contribution in [0.3, 0.4) is 0 Å². The van der Waals surface area contributed by atoms with Crippen molar-refractivity contribution < 1.29 is 9.53 Å². The number of aromatic nitrogens is 2. The van der Waals surface area contributed by atoms with E-state index in [1.165, 1.54) is 6.33 Å². The van der Waals surface area contributed by atoms with Gasteiger partial charge in [-0.15, -0.1) is 0 Å². The molecule has 2 heterocycles. The molecule has 0 saturated carbocycles. The molecule has 1 aliphatic heterocycles. The number of hydrogen-bond donors (Lipinski definition) is 1. The Morgan fingerprint density at radius 3 is 3.00 bits per heavy atom. The van der Waals surface area contributed by atoms with Gasteiger partial charge in [0.1, 0.15) is 12.1 Å². The molecule has 1 saturated heterocycles.